The van der Waals surface area contributed by atoms with Crippen LogP contribution in [0.15, 0.2) is 30.3 Å². The third-order valence-electron chi connectivity index (χ3n) is 4.83. The van der Waals surface area contributed by atoms with Crippen molar-refractivity contribution in [1.82, 2.24) is 4.98 Å². The normalized spacial score (nSPS) is 22.4. The summed E-state index contributed by atoms with van der Waals surface area (Å²) in [6.45, 7) is 2.34. The highest BCUT2D eigenvalue weighted by Crippen LogP contribution is 2.33. The van der Waals surface area contributed by atoms with Gasteiger partial charge in [0.1, 0.15) is 5.82 Å². The third-order valence-corrected chi connectivity index (χ3v) is 4.83. The second-order valence-electron chi connectivity index (χ2n) is 6.26. The van der Waals surface area contributed by atoms with E-state index in [2.05, 4.69) is 37.1 Å². The molecular weight excluding hydrogens is 260 g/mol. The van der Waals surface area contributed by atoms with Gasteiger partial charge in [-0.2, -0.15) is 0 Å². The van der Waals surface area contributed by atoms with Crippen LogP contribution >= 0.6 is 0 Å². The molecule has 0 bridgehead atoms. The smallest absolute Gasteiger partial charge is 0.136 e. The Balaban J connectivity index is 2.05. The van der Waals surface area contributed by atoms with E-state index in [1.54, 1.807) is 0 Å². The van der Waals surface area contributed by atoms with Crippen molar-refractivity contribution >= 4 is 16.6 Å². The van der Waals surface area contributed by atoms with Gasteiger partial charge in [0.2, 0.25) is 0 Å². The van der Waals surface area contributed by atoms with E-state index in [4.69, 9.17) is 4.98 Å². The lowest BCUT2D eigenvalue weighted by Crippen LogP contribution is -2.39. The van der Waals surface area contributed by atoms with Gasteiger partial charge in [-0.05, 0) is 30.2 Å². The van der Waals surface area contributed by atoms with Crippen molar-refractivity contribution < 1.29 is 5.11 Å². The van der Waals surface area contributed by atoms with Gasteiger partial charge in [0, 0.05) is 18.5 Å². The molecule has 112 valence electrons. The van der Waals surface area contributed by atoms with Crippen LogP contribution in [-0.2, 0) is 6.61 Å². The summed E-state index contributed by atoms with van der Waals surface area (Å²) in [4.78, 5) is 7.04. The van der Waals surface area contributed by atoms with E-state index < -0.39 is 0 Å². The van der Waals surface area contributed by atoms with Crippen molar-refractivity contribution in [2.24, 2.45) is 5.92 Å². The van der Waals surface area contributed by atoms with Crippen LogP contribution in [0.2, 0.25) is 0 Å². The Labute approximate surface area is 126 Å². The fourth-order valence-electron chi connectivity index (χ4n) is 3.61. The second-order valence-corrected chi connectivity index (χ2v) is 6.26. The number of benzene rings is 1. The molecule has 1 aromatic heterocycles. The lowest BCUT2D eigenvalue weighted by molar-refractivity contribution is 0.276. The first-order chi connectivity index (χ1) is 10.2. The number of anilines is 1. The monoisotopic (exact) mass is 284 g/mol. The number of aliphatic hydroxyl groups is 1. The maximum absolute atomic E-state index is 9.48. The van der Waals surface area contributed by atoms with Gasteiger partial charge in [-0.25, -0.2) is 4.98 Å². The maximum Gasteiger partial charge on any atom is 0.136 e. The largest absolute Gasteiger partial charge is 0.390 e. The molecule has 0 amide bonds. The van der Waals surface area contributed by atoms with E-state index in [1.807, 2.05) is 12.1 Å². The van der Waals surface area contributed by atoms with Crippen molar-refractivity contribution in [3.05, 3.63) is 36.0 Å². The predicted molar refractivity (Wildman–Crippen MR) is 87.5 cm³/mol. The molecule has 0 spiro atoms. The van der Waals surface area contributed by atoms with E-state index in [-0.39, 0.29) is 6.61 Å². The zero-order chi connectivity index (χ0) is 14.8. The summed E-state index contributed by atoms with van der Waals surface area (Å²) in [6, 6.07) is 10.8. The molecule has 1 N–H and O–H groups in total. The highest BCUT2D eigenvalue weighted by Gasteiger charge is 2.26. The zero-order valence-corrected chi connectivity index (χ0v) is 12.9. The number of pyridine rings is 1. The molecule has 1 aliphatic rings. The van der Waals surface area contributed by atoms with E-state index in [9.17, 15) is 5.11 Å². The Morgan fingerprint density at radius 1 is 1.24 bits per heavy atom. The summed E-state index contributed by atoms with van der Waals surface area (Å²) in [5.74, 6) is 1.71. The molecule has 1 aromatic carbocycles. The Bertz CT molecular complexity index is 626. The molecule has 21 heavy (non-hydrogen) atoms. The quantitative estimate of drug-likeness (QED) is 0.932. The minimum absolute atomic E-state index is 0.00804. The van der Waals surface area contributed by atoms with Crippen molar-refractivity contribution in [1.29, 1.82) is 0 Å². The number of aliphatic hydroxyl groups excluding tert-OH is 1. The highest BCUT2D eigenvalue weighted by atomic mass is 16.3. The molecule has 1 saturated carbocycles. The van der Waals surface area contributed by atoms with Crippen LogP contribution in [-0.4, -0.2) is 23.2 Å². The average molecular weight is 284 g/mol. The van der Waals surface area contributed by atoms with Crippen molar-refractivity contribution in [2.45, 2.75) is 45.3 Å². The number of hydrogen-bond acceptors (Lipinski definition) is 3. The minimum atomic E-state index is -0.00804. The summed E-state index contributed by atoms with van der Waals surface area (Å²) in [5, 5.41) is 11.8. The first-order valence-electron chi connectivity index (χ1n) is 7.93. The molecule has 3 rings (SSSR count). The highest BCUT2D eigenvalue weighted by molar-refractivity contribution is 5.92. The molecule has 0 radical (unpaired) electrons. The van der Waals surface area contributed by atoms with Crippen molar-refractivity contribution in [2.75, 3.05) is 11.9 Å². The van der Waals surface area contributed by atoms with Crippen LogP contribution in [0.4, 0.5) is 5.82 Å². The number of rotatable bonds is 3. The SMILES string of the molecule is CC1CCCCC1N(C)c1nc(CO)cc2ccccc12. The van der Waals surface area contributed by atoms with Gasteiger partial charge in [-0.3, -0.25) is 0 Å². The lowest BCUT2D eigenvalue weighted by Gasteiger charge is -2.37. The number of nitrogens with zero attached hydrogens (tertiary/aromatic N) is 2. The van der Waals surface area contributed by atoms with Crippen LogP contribution in [0.5, 0.6) is 0 Å². The first-order valence-corrected chi connectivity index (χ1v) is 7.93. The Morgan fingerprint density at radius 3 is 2.76 bits per heavy atom. The van der Waals surface area contributed by atoms with Gasteiger partial charge in [0.05, 0.1) is 12.3 Å². The summed E-state index contributed by atoms with van der Waals surface area (Å²) >= 11 is 0. The molecule has 3 nitrogen and oxygen atoms in total. The Hall–Kier alpha value is -1.61. The van der Waals surface area contributed by atoms with Crippen LogP contribution in [0.25, 0.3) is 10.8 Å². The lowest BCUT2D eigenvalue weighted by atomic mass is 9.85. The molecule has 2 unspecified atom stereocenters. The summed E-state index contributed by atoms with van der Waals surface area (Å²) in [5.41, 5.74) is 0.749. The molecule has 2 aromatic rings. The third kappa shape index (κ3) is 2.75. The summed E-state index contributed by atoms with van der Waals surface area (Å²) in [6.07, 6.45) is 5.18. The first kappa shape index (κ1) is 14.3. The fourth-order valence-corrected chi connectivity index (χ4v) is 3.61. The van der Waals surface area contributed by atoms with Crippen LogP contribution in [0.3, 0.4) is 0 Å². The van der Waals surface area contributed by atoms with Crippen molar-refractivity contribution in [3.63, 3.8) is 0 Å². The van der Waals surface area contributed by atoms with Gasteiger partial charge in [-0.1, -0.05) is 44.0 Å². The van der Waals surface area contributed by atoms with E-state index >= 15 is 0 Å². The molecule has 1 heterocycles. The topological polar surface area (TPSA) is 36.4 Å². The molecular formula is C18H24N2O. The van der Waals surface area contributed by atoms with Crippen LogP contribution < -0.4 is 4.90 Å². The molecule has 0 saturated heterocycles. The van der Waals surface area contributed by atoms with Crippen LogP contribution in [0, 0.1) is 5.92 Å². The minimum Gasteiger partial charge on any atom is -0.390 e. The number of fused-ring (bicyclic) bond motifs is 1. The van der Waals surface area contributed by atoms with E-state index in [1.165, 1.54) is 31.1 Å². The zero-order valence-electron chi connectivity index (χ0n) is 12.9. The predicted octanol–water partition coefficient (Wildman–Crippen LogP) is 3.74. The fraction of sp³-hybridized carbons (Fsp3) is 0.500. The molecule has 0 aliphatic heterocycles. The van der Waals surface area contributed by atoms with E-state index in [0.29, 0.717) is 12.0 Å². The van der Waals surface area contributed by atoms with Crippen molar-refractivity contribution in [3.8, 4) is 0 Å². The molecule has 1 aliphatic carbocycles. The Kier molecular flexibility index (Phi) is 4.11. The molecule has 1 fully saturated rings. The summed E-state index contributed by atoms with van der Waals surface area (Å²) < 4.78 is 0. The van der Waals surface area contributed by atoms with Gasteiger partial charge >= 0.3 is 0 Å². The Morgan fingerprint density at radius 2 is 2.00 bits per heavy atom. The van der Waals surface area contributed by atoms with Gasteiger partial charge < -0.3 is 10.0 Å². The number of hydrogen-bond donors (Lipinski definition) is 1. The van der Waals surface area contributed by atoms with E-state index in [0.717, 1.165) is 16.9 Å². The standard InChI is InChI=1S/C18H24N2O/c1-13-7-3-6-10-17(13)20(2)18-16-9-5-4-8-14(16)11-15(12-21)19-18/h4-5,8-9,11,13,17,21H,3,6-7,10,12H2,1-2H3. The molecule has 3 heteroatoms. The van der Waals surface area contributed by atoms with Gasteiger partial charge in [0.25, 0.3) is 0 Å². The van der Waals surface area contributed by atoms with Crippen LogP contribution in [0.1, 0.15) is 38.3 Å². The summed E-state index contributed by atoms with van der Waals surface area (Å²) in [7, 11) is 2.16. The maximum atomic E-state index is 9.48. The second kappa shape index (κ2) is 6.02. The van der Waals surface area contributed by atoms with Gasteiger partial charge in [0.15, 0.2) is 0 Å². The number of aromatic nitrogens is 1. The average Bonchev–Trinajstić information content (AvgIpc) is 2.53. The molecule has 2 atom stereocenters. The van der Waals surface area contributed by atoms with Gasteiger partial charge in [-0.15, -0.1) is 0 Å².